The molecule has 2 heterocycles. The third kappa shape index (κ3) is 2.60. The number of aromatic carboxylic acids is 1. The predicted molar refractivity (Wildman–Crippen MR) is 70.4 cm³/mol. The van der Waals surface area contributed by atoms with E-state index < -0.39 is 11.7 Å². The Balaban J connectivity index is 2.41. The van der Waals surface area contributed by atoms with E-state index in [1.54, 1.807) is 13.8 Å². The van der Waals surface area contributed by atoms with Gasteiger partial charge in [0.25, 0.3) is 0 Å². The second kappa shape index (κ2) is 5.00. The zero-order valence-corrected chi connectivity index (χ0v) is 11.9. The summed E-state index contributed by atoms with van der Waals surface area (Å²) in [7, 11) is 0. The van der Waals surface area contributed by atoms with Gasteiger partial charge < -0.3 is 9.52 Å². The Bertz CT molecular complexity index is 702. The van der Waals surface area contributed by atoms with Crippen molar-refractivity contribution in [2.24, 2.45) is 0 Å². The molecular weight excluding hydrogens is 316 g/mol. The van der Waals surface area contributed by atoms with E-state index in [0.717, 1.165) is 10.7 Å². The fourth-order valence-electron chi connectivity index (χ4n) is 1.69. The number of hydrogen-bond acceptors (Lipinski definition) is 4. The highest BCUT2D eigenvalue weighted by molar-refractivity contribution is 9.10. The monoisotopic (exact) mass is 326 g/mol. The van der Waals surface area contributed by atoms with E-state index in [2.05, 4.69) is 20.9 Å². The fraction of sp³-hybridized carbons (Fsp3) is 0.250. The summed E-state index contributed by atoms with van der Waals surface area (Å²) in [6.45, 7) is 3.66. The fourth-order valence-corrected chi connectivity index (χ4v) is 2.00. The maximum absolute atomic E-state index is 11.8. The van der Waals surface area contributed by atoms with Crippen LogP contribution in [0.5, 0.6) is 0 Å². The van der Waals surface area contributed by atoms with Crippen LogP contribution in [0, 0.1) is 13.8 Å². The normalized spacial score (nSPS) is 10.7. The second-order valence-electron chi connectivity index (χ2n) is 4.07. The minimum atomic E-state index is -1.07. The Morgan fingerprint density at radius 3 is 2.79 bits per heavy atom. The average Bonchev–Trinajstić information content (AvgIpc) is 2.81. The molecule has 0 amide bonds. The van der Waals surface area contributed by atoms with Gasteiger partial charge in [0, 0.05) is 5.69 Å². The second-order valence-corrected chi connectivity index (χ2v) is 4.87. The summed E-state index contributed by atoms with van der Waals surface area (Å²) in [6, 6.07) is 1.39. The van der Waals surface area contributed by atoms with E-state index in [0.29, 0.717) is 17.1 Å². The molecule has 0 atom stereocenters. The minimum Gasteiger partial charge on any atom is -0.478 e. The van der Waals surface area contributed by atoms with Crippen molar-refractivity contribution in [2.45, 2.75) is 20.4 Å². The van der Waals surface area contributed by atoms with Gasteiger partial charge in [-0.05, 0) is 35.8 Å². The van der Waals surface area contributed by atoms with Gasteiger partial charge in [-0.15, -0.1) is 0 Å². The van der Waals surface area contributed by atoms with E-state index in [1.807, 2.05) is 0 Å². The highest BCUT2D eigenvalue weighted by Crippen LogP contribution is 2.18. The molecule has 0 spiro atoms. The Hall–Kier alpha value is -1.89. The molecule has 2 rings (SSSR count). The lowest BCUT2D eigenvalue weighted by atomic mass is 10.3. The molecule has 0 radical (unpaired) electrons. The van der Waals surface area contributed by atoms with E-state index in [-0.39, 0.29) is 12.1 Å². The van der Waals surface area contributed by atoms with Crippen LogP contribution in [0.1, 0.15) is 27.5 Å². The molecule has 1 N–H and O–H groups in total. The summed E-state index contributed by atoms with van der Waals surface area (Å²) < 4.78 is 7.29. The summed E-state index contributed by atoms with van der Waals surface area (Å²) in [5.74, 6) is -0.678. The maximum atomic E-state index is 11.8. The molecule has 0 aliphatic heterocycles. The van der Waals surface area contributed by atoms with Crippen LogP contribution in [-0.2, 0) is 6.54 Å². The smallest absolute Gasteiger partial charge is 0.348 e. The minimum absolute atomic E-state index is 0.0554. The van der Waals surface area contributed by atoms with E-state index in [9.17, 15) is 9.59 Å². The number of aryl methyl sites for hydroxylation is 1. The first-order valence-corrected chi connectivity index (χ1v) is 6.23. The molecule has 7 heteroatoms. The number of furan rings is 1. The van der Waals surface area contributed by atoms with E-state index >= 15 is 0 Å². The molecule has 0 saturated carbocycles. The first-order valence-electron chi connectivity index (χ1n) is 5.44. The summed E-state index contributed by atoms with van der Waals surface area (Å²) in [5.41, 5.74) is 0.988. The van der Waals surface area contributed by atoms with Gasteiger partial charge in [0.05, 0.1) is 22.3 Å². The molecule has 2 aromatic rings. The first-order chi connectivity index (χ1) is 8.90. The first kappa shape index (κ1) is 13.5. The lowest BCUT2D eigenvalue weighted by Gasteiger charge is -2.10. The number of aromatic nitrogens is 2. The maximum Gasteiger partial charge on any atom is 0.348 e. The van der Waals surface area contributed by atoms with Crippen LogP contribution in [0.25, 0.3) is 0 Å². The average molecular weight is 327 g/mol. The molecule has 0 aliphatic carbocycles. The van der Waals surface area contributed by atoms with Gasteiger partial charge in [0.2, 0.25) is 0 Å². The number of carboxylic acid groups (broad SMARTS) is 1. The van der Waals surface area contributed by atoms with Gasteiger partial charge in [0.1, 0.15) is 12.0 Å². The number of hydrogen-bond donors (Lipinski definition) is 1. The molecular formula is C12H11BrN2O4. The topological polar surface area (TPSA) is 85.3 Å². The van der Waals surface area contributed by atoms with Crippen LogP contribution >= 0.6 is 15.9 Å². The van der Waals surface area contributed by atoms with Crippen molar-refractivity contribution in [1.29, 1.82) is 0 Å². The number of carbonyl (C=O) groups is 1. The van der Waals surface area contributed by atoms with Crippen molar-refractivity contribution in [3.8, 4) is 0 Å². The van der Waals surface area contributed by atoms with E-state index in [1.165, 1.54) is 10.6 Å². The third-order valence-electron chi connectivity index (χ3n) is 2.75. The lowest BCUT2D eigenvalue weighted by molar-refractivity contribution is 0.0696. The Kier molecular flexibility index (Phi) is 3.57. The molecule has 2 aromatic heterocycles. The number of halogens is 1. The lowest BCUT2D eigenvalue weighted by Crippen LogP contribution is -2.26. The van der Waals surface area contributed by atoms with Crippen LogP contribution in [0.4, 0.5) is 0 Å². The highest BCUT2D eigenvalue weighted by Gasteiger charge is 2.13. The quantitative estimate of drug-likeness (QED) is 0.931. The van der Waals surface area contributed by atoms with Gasteiger partial charge in [0.15, 0.2) is 0 Å². The number of nitrogens with zero attached hydrogens (tertiary/aromatic N) is 2. The SMILES string of the molecule is Cc1nc(=O)n(Cc2cc(C(=O)O)co2)c(C)c1Br. The molecule has 0 saturated heterocycles. The number of rotatable bonds is 3. The Labute approximate surface area is 116 Å². The standard InChI is InChI=1S/C12H11BrN2O4/c1-6-10(13)7(2)15(12(18)14-6)4-9-3-8(5-19-9)11(16)17/h3,5H,4H2,1-2H3,(H,16,17). The molecule has 0 aromatic carbocycles. The predicted octanol–water partition coefficient (Wildman–Crippen LogP) is 1.96. The van der Waals surface area contributed by atoms with Crippen molar-refractivity contribution in [3.63, 3.8) is 0 Å². The van der Waals surface area contributed by atoms with Crippen molar-refractivity contribution in [1.82, 2.24) is 9.55 Å². The third-order valence-corrected chi connectivity index (χ3v) is 3.90. The van der Waals surface area contributed by atoms with Crippen LogP contribution in [-0.4, -0.2) is 20.6 Å². The van der Waals surface area contributed by atoms with Gasteiger partial charge in [-0.3, -0.25) is 4.57 Å². The van der Waals surface area contributed by atoms with Crippen molar-refractivity contribution < 1.29 is 14.3 Å². The van der Waals surface area contributed by atoms with Crippen LogP contribution in [0.2, 0.25) is 0 Å². The van der Waals surface area contributed by atoms with Gasteiger partial charge >= 0.3 is 11.7 Å². The van der Waals surface area contributed by atoms with Crippen LogP contribution < -0.4 is 5.69 Å². The van der Waals surface area contributed by atoms with Crippen molar-refractivity contribution in [2.75, 3.05) is 0 Å². The molecule has 0 bridgehead atoms. The molecule has 0 aliphatic rings. The summed E-state index contributed by atoms with van der Waals surface area (Å²) >= 11 is 3.36. The highest BCUT2D eigenvalue weighted by atomic mass is 79.9. The van der Waals surface area contributed by atoms with Gasteiger partial charge in [-0.25, -0.2) is 9.59 Å². The largest absolute Gasteiger partial charge is 0.478 e. The van der Waals surface area contributed by atoms with E-state index in [4.69, 9.17) is 9.52 Å². The molecule has 0 fully saturated rings. The Morgan fingerprint density at radius 2 is 2.21 bits per heavy atom. The van der Waals surface area contributed by atoms with Gasteiger partial charge in [-0.2, -0.15) is 4.98 Å². The summed E-state index contributed by atoms with van der Waals surface area (Å²) in [4.78, 5) is 26.5. The molecule has 0 unspecified atom stereocenters. The van der Waals surface area contributed by atoms with Crippen molar-refractivity contribution in [3.05, 3.63) is 50.0 Å². The van der Waals surface area contributed by atoms with Crippen molar-refractivity contribution >= 4 is 21.9 Å². The van der Waals surface area contributed by atoms with Crippen LogP contribution in [0.15, 0.2) is 26.0 Å². The molecule has 100 valence electrons. The zero-order valence-electron chi connectivity index (χ0n) is 10.3. The molecule has 6 nitrogen and oxygen atoms in total. The summed E-state index contributed by atoms with van der Waals surface area (Å²) in [6.07, 6.45) is 1.15. The molecule has 19 heavy (non-hydrogen) atoms. The number of carboxylic acids is 1. The van der Waals surface area contributed by atoms with Gasteiger partial charge in [-0.1, -0.05) is 0 Å². The van der Waals surface area contributed by atoms with Crippen LogP contribution in [0.3, 0.4) is 0 Å². The summed E-state index contributed by atoms with van der Waals surface area (Å²) in [5, 5.41) is 8.81. The zero-order chi connectivity index (χ0) is 14.2. The Morgan fingerprint density at radius 1 is 1.53 bits per heavy atom.